The number of benzene rings is 2. The van der Waals surface area contributed by atoms with E-state index in [1.165, 1.54) is 0 Å². The lowest BCUT2D eigenvalue weighted by Crippen LogP contribution is -2.30. The van der Waals surface area contributed by atoms with Crippen LogP contribution in [0.3, 0.4) is 0 Å². The first-order valence-electron chi connectivity index (χ1n) is 11.7. The normalized spacial score (nSPS) is 16.7. The van der Waals surface area contributed by atoms with Crippen molar-refractivity contribution in [1.82, 2.24) is 0 Å². The van der Waals surface area contributed by atoms with Gasteiger partial charge in [0.25, 0.3) is 0 Å². The van der Waals surface area contributed by atoms with Crippen LogP contribution in [0.5, 0.6) is 0 Å². The van der Waals surface area contributed by atoms with Gasteiger partial charge in [0.05, 0.1) is 12.2 Å². The smallest absolute Gasteiger partial charge is 0.224 e. The van der Waals surface area contributed by atoms with Gasteiger partial charge >= 0.3 is 0 Å². The number of nitrogens with one attached hydrogen (secondary N) is 2. The minimum atomic E-state index is -0.303. The fourth-order valence-electron chi connectivity index (χ4n) is 4.64. The van der Waals surface area contributed by atoms with E-state index in [9.17, 15) is 9.59 Å². The highest BCUT2D eigenvalue weighted by atomic mass is 16.5. The maximum absolute atomic E-state index is 12.9. The first-order chi connectivity index (χ1) is 15.8. The molecule has 0 bridgehead atoms. The summed E-state index contributed by atoms with van der Waals surface area (Å²) in [5.41, 5.74) is 3.22. The minimum absolute atomic E-state index is 0.0444. The number of hydrogen-bond donors (Lipinski definition) is 2. The molecule has 0 aromatic heterocycles. The summed E-state index contributed by atoms with van der Waals surface area (Å²) in [5, 5.41) is 6.04. The molecule has 0 saturated heterocycles. The largest absolute Gasteiger partial charge is 0.377 e. The standard InChI is InChI=1S/C27H36N2O4/c1-19(32-3)21-9-7-11-23(15-21)28-25(30)17-27(13-5-6-14-27)18-26(31)29-24-12-8-10-22(16-24)20(2)33-4/h7-12,15-16,19-20H,5-6,13-14,17-18H2,1-4H3,(H,28,30)(H,29,31). The molecule has 0 aliphatic heterocycles. The van der Waals surface area contributed by atoms with Gasteiger partial charge in [0.1, 0.15) is 0 Å². The summed E-state index contributed by atoms with van der Waals surface area (Å²) >= 11 is 0. The molecule has 2 unspecified atom stereocenters. The van der Waals surface area contributed by atoms with Crippen LogP contribution in [0.1, 0.15) is 75.7 Å². The number of anilines is 2. The summed E-state index contributed by atoms with van der Waals surface area (Å²) in [6, 6.07) is 15.4. The Morgan fingerprint density at radius 3 is 1.64 bits per heavy atom. The number of carbonyl (C=O) groups excluding carboxylic acids is 2. The Morgan fingerprint density at radius 1 is 0.818 bits per heavy atom. The van der Waals surface area contributed by atoms with Gasteiger partial charge < -0.3 is 20.1 Å². The Kier molecular flexibility index (Phi) is 8.64. The lowest BCUT2D eigenvalue weighted by Gasteiger charge is -2.28. The topological polar surface area (TPSA) is 76.7 Å². The number of ether oxygens (including phenoxy) is 2. The van der Waals surface area contributed by atoms with E-state index >= 15 is 0 Å². The average Bonchev–Trinajstić information content (AvgIpc) is 3.25. The van der Waals surface area contributed by atoms with Crippen LogP contribution in [-0.4, -0.2) is 26.0 Å². The van der Waals surface area contributed by atoms with Gasteiger partial charge in [-0.2, -0.15) is 0 Å². The Hall–Kier alpha value is -2.70. The number of hydrogen-bond acceptors (Lipinski definition) is 4. The van der Waals surface area contributed by atoms with Gasteiger partial charge in [-0.15, -0.1) is 0 Å². The van der Waals surface area contributed by atoms with Crippen LogP contribution in [0.4, 0.5) is 11.4 Å². The zero-order valence-electron chi connectivity index (χ0n) is 20.1. The van der Waals surface area contributed by atoms with Crippen LogP contribution in [0, 0.1) is 5.41 Å². The van der Waals surface area contributed by atoms with Crippen molar-refractivity contribution in [1.29, 1.82) is 0 Å². The molecule has 0 heterocycles. The zero-order chi connectivity index (χ0) is 23.8. The molecule has 2 aromatic rings. The SMILES string of the molecule is COC(C)c1cccc(NC(=O)CC2(CC(=O)Nc3cccc(C(C)OC)c3)CCCC2)c1. The first-order valence-corrected chi connectivity index (χ1v) is 11.7. The van der Waals surface area contributed by atoms with Gasteiger partial charge in [0.15, 0.2) is 0 Å². The van der Waals surface area contributed by atoms with Gasteiger partial charge in [0, 0.05) is 38.4 Å². The molecule has 1 saturated carbocycles. The summed E-state index contributed by atoms with van der Waals surface area (Å²) < 4.78 is 10.8. The molecule has 1 fully saturated rings. The third-order valence-electron chi connectivity index (χ3n) is 6.72. The highest BCUT2D eigenvalue weighted by Gasteiger charge is 2.38. The molecule has 2 atom stereocenters. The molecule has 2 N–H and O–H groups in total. The predicted octanol–water partition coefficient (Wildman–Crippen LogP) is 6.02. The van der Waals surface area contributed by atoms with E-state index < -0.39 is 0 Å². The van der Waals surface area contributed by atoms with E-state index in [1.807, 2.05) is 62.4 Å². The van der Waals surface area contributed by atoms with E-state index in [-0.39, 0.29) is 29.4 Å². The van der Waals surface area contributed by atoms with E-state index in [1.54, 1.807) is 14.2 Å². The summed E-state index contributed by atoms with van der Waals surface area (Å²) in [7, 11) is 3.33. The maximum atomic E-state index is 12.9. The number of rotatable bonds is 10. The molecular formula is C27H36N2O4. The first kappa shape index (κ1) is 24.9. The highest BCUT2D eigenvalue weighted by Crippen LogP contribution is 2.44. The van der Waals surface area contributed by atoms with Crippen LogP contribution < -0.4 is 10.6 Å². The van der Waals surface area contributed by atoms with Crippen LogP contribution in [0.15, 0.2) is 48.5 Å². The highest BCUT2D eigenvalue weighted by molar-refractivity contribution is 5.94. The number of methoxy groups -OCH3 is 2. The third kappa shape index (κ3) is 6.89. The fraction of sp³-hybridized carbons (Fsp3) is 0.481. The van der Waals surface area contributed by atoms with Crippen molar-refractivity contribution in [2.45, 2.75) is 64.6 Å². The van der Waals surface area contributed by atoms with E-state index in [2.05, 4.69) is 10.6 Å². The van der Waals surface area contributed by atoms with E-state index in [4.69, 9.17) is 9.47 Å². The Morgan fingerprint density at radius 2 is 1.24 bits per heavy atom. The van der Waals surface area contributed by atoms with Crippen LogP contribution in [-0.2, 0) is 19.1 Å². The minimum Gasteiger partial charge on any atom is -0.377 e. The van der Waals surface area contributed by atoms with Crippen molar-refractivity contribution in [2.75, 3.05) is 24.9 Å². The van der Waals surface area contributed by atoms with E-state index in [0.717, 1.165) is 48.2 Å². The molecule has 3 rings (SSSR count). The monoisotopic (exact) mass is 452 g/mol. The van der Waals surface area contributed by atoms with E-state index in [0.29, 0.717) is 12.8 Å². The van der Waals surface area contributed by atoms with Gasteiger partial charge in [-0.1, -0.05) is 37.1 Å². The second kappa shape index (κ2) is 11.4. The molecular weight excluding hydrogens is 416 g/mol. The Balaban J connectivity index is 1.63. The lowest BCUT2D eigenvalue weighted by molar-refractivity contribution is -0.121. The lowest BCUT2D eigenvalue weighted by atomic mass is 9.79. The van der Waals surface area contributed by atoms with Gasteiger partial charge in [0.2, 0.25) is 11.8 Å². The molecule has 2 amide bonds. The molecule has 1 aliphatic carbocycles. The zero-order valence-corrected chi connectivity index (χ0v) is 20.1. The fourth-order valence-corrected chi connectivity index (χ4v) is 4.64. The van der Waals surface area contributed by atoms with Gasteiger partial charge in [-0.3, -0.25) is 9.59 Å². The molecule has 0 radical (unpaired) electrons. The van der Waals surface area contributed by atoms with Crippen LogP contribution in [0.25, 0.3) is 0 Å². The molecule has 0 spiro atoms. The third-order valence-corrected chi connectivity index (χ3v) is 6.72. The van der Waals surface area contributed by atoms with Crippen molar-refractivity contribution in [3.05, 3.63) is 59.7 Å². The van der Waals surface area contributed by atoms with Crippen molar-refractivity contribution < 1.29 is 19.1 Å². The maximum Gasteiger partial charge on any atom is 0.224 e. The number of carbonyl (C=O) groups is 2. The van der Waals surface area contributed by atoms with Crippen molar-refractivity contribution in [2.24, 2.45) is 5.41 Å². The van der Waals surface area contributed by atoms with Crippen LogP contribution in [0.2, 0.25) is 0 Å². The van der Waals surface area contributed by atoms with Crippen LogP contribution >= 0.6 is 0 Å². The summed E-state index contributed by atoms with van der Waals surface area (Å²) in [4.78, 5) is 25.9. The molecule has 2 aromatic carbocycles. The van der Waals surface area contributed by atoms with Crippen molar-refractivity contribution >= 4 is 23.2 Å². The number of amides is 2. The summed E-state index contributed by atoms with van der Waals surface area (Å²) in [6.07, 6.45) is 4.44. The Bertz CT molecular complexity index is 881. The molecule has 1 aliphatic rings. The summed E-state index contributed by atoms with van der Waals surface area (Å²) in [6.45, 7) is 3.94. The molecule has 33 heavy (non-hydrogen) atoms. The Labute approximate surface area is 197 Å². The second-order valence-corrected chi connectivity index (χ2v) is 9.16. The predicted molar refractivity (Wildman–Crippen MR) is 131 cm³/mol. The van der Waals surface area contributed by atoms with Gasteiger partial charge in [-0.25, -0.2) is 0 Å². The molecule has 178 valence electrons. The second-order valence-electron chi connectivity index (χ2n) is 9.16. The van der Waals surface area contributed by atoms with Crippen molar-refractivity contribution in [3.8, 4) is 0 Å². The average molecular weight is 453 g/mol. The summed E-state index contributed by atoms with van der Waals surface area (Å²) in [5.74, 6) is -0.106. The molecule has 6 nitrogen and oxygen atoms in total. The molecule has 6 heteroatoms. The van der Waals surface area contributed by atoms with Gasteiger partial charge in [-0.05, 0) is 67.5 Å². The quantitative estimate of drug-likeness (QED) is 0.462. The van der Waals surface area contributed by atoms with Crippen molar-refractivity contribution in [3.63, 3.8) is 0 Å².